The largest absolute Gasteiger partial charge is 0.351 e. The first-order valence-corrected chi connectivity index (χ1v) is 8.61. The van der Waals surface area contributed by atoms with Crippen LogP contribution in [0.3, 0.4) is 0 Å². The number of amides is 2. The summed E-state index contributed by atoms with van der Waals surface area (Å²) < 4.78 is 0. The zero-order chi connectivity index (χ0) is 16.9. The van der Waals surface area contributed by atoms with Crippen LogP contribution in [0.2, 0.25) is 5.02 Å². The monoisotopic (exact) mass is 336 g/mol. The van der Waals surface area contributed by atoms with Gasteiger partial charge in [-0.3, -0.25) is 9.59 Å². The highest BCUT2D eigenvalue weighted by molar-refractivity contribution is 6.30. The fraction of sp³-hybridized carbons (Fsp3) is 0.556. The minimum Gasteiger partial charge on any atom is -0.351 e. The number of hydrogen-bond acceptors (Lipinski definition) is 2. The van der Waals surface area contributed by atoms with Crippen molar-refractivity contribution >= 4 is 23.4 Å². The molecule has 4 nitrogen and oxygen atoms in total. The van der Waals surface area contributed by atoms with Crippen molar-refractivity contribution in [3.05, 3.63) is 34.9 Å². The van der Waals surface area contributed by atoms with Crippen molar-refractivity contribution in [2.24, 2.45) is 5.41 Å². The number of likely N-dealkylation sites (tertiary alicyclic amines) is 1. The van der Waals surface area contributed by atoms with E-state index in [0.29, 0.717) is 11.6 Å². The highest BCUT2D eigenvalue weighted by Crippen LogP contribution is 2.22. The standard InChI is InChI=1S/C18H25ClN2O2/c1-18(2,17(23)21-11-5-3-4-6-12-21)16(22)20-13-14-7-9-15(19)10-8-14/h7-10H,3-6,11-13H2,1-2H3,(H,20,22). The topological polar surface area (TPSA) is 49.4 Å². The van der Waals surface area contributed by atoms with Gasteiger partial charge >= 0.3 is 0 Å². The molecule has 0 unspecified atom stereocenters. The van der Waals surface area contributed by atoms with Gasteiger partial charge in [0.25, 0.3) is 0 Å². The highest BCUT2D eigenvalue weighted by Gasteiger charge is 2.39. The maximum Gasteiger partial charge on any atom is 0.237 e. The molecular formula is C18H25ClN2O2. The molecule has 2 rings (SSSR count). The first kappa shape index (κ1) is 17.8. The van der Waals surface area contributed by atoms with Crippen LogP contribution in [0.5, 0.6) is 0 Å². The van der Waals surface area contributed by atoms with Crippen molar-refractivity contribution in [2.75, 3.05) is 13.1 Å². The van der Waals surface area contributed by atoms with Crippen LogP contribution in [-0.2, 0) is 16.1 Å². The summed E-state index contributed by atoms with van der Waals surface area (Å²) in [5, 5.41) is 3.53. The molecule has 126 valence electrons. The molecule has 1 N–H and O–H groups in total. The van der Waals surface area contributed by atoms with Gasteiger partial charge in [0.1, 0.15) is 5.41 Å². The number of carbonyl (C=O) groups is 2. The average Bonchev–Trinajstić information content (AvgIpc) is 2.82. The van der Waals surface area contributed by atoms with Gasteiger partial charge in [0.15, 0.2) is 0 Å². The molecule has 1 aromatic rings. The van der Waals surface area contributed by atoms with Crippen molar-refractivity contribution < 1.29 is 9.59 Å². The fourth-order valence-corrected chi connectivity index (χ4v) is 2.90. The lowest BCUT2D eigenvalue weighted by Gasteiger charge is -2.30. The number of nitrogens with zero attached hydrogens (tertiary/aromatic N) is 1. The van der Waals surface area contributed by atoms with E-state index >= 15 is 0 Å². The molecule has 0 spiro atoms. The smallest absolute Gasteiger partial charge is 0.237 e. The lowest BCUT2D eigenvalue weighted by molar-refractivity contribution is -0.148. The number of hydrogen-bond donors (Lipinski definition) is 1. The van der Waals surface area contributed by atoms with E-state index < -0.39 is 5.41 Å². The number of rotatable bonds is 4. The van der Waals surface area contributed by atoms with E-state index in [1.54, 1.807) is 26.0 Å². The number of halogens is 1. The molecule has 23 heavy (non-hydrogen) atoms. The van der Waals surface area contributed by atoms with Crippen LogP contribution in [-0.4, -0.2) is 29.8 Å². The molecule has 0 aliphatic carbocycles. The lowest BCUT2D eigenvalue weighted by Crippen LogP contribution is -2.49. The Morgan fingerprint density at radius 1 is 1.09 bits per heavy atom. The van der Waals surface area contributed by atoms with Crippen molar-refractivity contribution in [3.8, 4) is 0 Å². The minimum atomic E-state index is -1.04. The molecule has 0 aromatic heterocycles. The predicted molar refractivity (Wildman–Crippen MR) is 92.1 cm³/mol. The Bertz CT molecular complexity index is 547. The summed E-state index contributed by atoms with van der Waals surface area (Å²) >= 11 is 5.85. The van der Waals surface area contributed by atoms with Gasteiger partial charge in [-0.2, -0.15) is 0 Å². The van der Waals surface area contributed by atoms with Crippen LogP contribution >= 0.6 is 11.6 Å². The molecule has 0 saturated carbocycles. The predicted octanol–water partition coefficient (Wildman–Crippen LogP) is 3.39. The number of benzene rings is 1. The summed E-state index contributed by atoms with van der Waals surface area (Å²) in [6, 6.07) is 7.31. The van der Waals surface area contributed by atoms with Gasteiger partial charge in [0, 0.05) is 24.7 Å². The average molecular weight is 337 g/mol. The quantitative estimate of drug-likeness (QED) is 0.857. The molecule has 1 aliphatic rings. The van der Waals surface area contributed by atoms with E-state index in [4.69, 9.17) is 11.6 Å². The molecular weight excluding hydrogens is 312 g/mol. The second kappa shape index (κ2) is 7.82. The van der Waals surface area contributed by atoms with Crippen LogP contribution in [0.4, 0.5) is 0 Å². The third-order valence-electron chi connectivity index (χ3n) is 4.36. The maximum absolute atomic E-state index is 12.7. The van der Waals surface area contributed by atoms with Gasteiger partial charge in [-0.05, 0) is 44.4 Å². The second-order valence-electron chi connectivity index (χ2n) is 6.64. The van der Waals surface area contributed by atoms with E-state index in [1.807, 2.05) is 17.0 Å². The zero-order valence-electron chi connectivity index (χ0n) is 13.9. The molecule has 0 bridgehead atoms. The summed E-state index contributed by atoms with van der Waals surface area (Å²) in [7, 11) is 0. The first-order chi connectivity index (χ1) is 10.9. The molecule has 5 heteroatoms. The minimum absolute atomic E-state index is 0.0759. The van der Waals surface area contributed by atoms with Crippen LogP contribution in [0.1, 0.15) is 45.1 Å². The zero-order valence-corrected chi connectivity index (χ0v) is 14.7. The van der Waals surface area contributed by atoms with E-state index in [-0.39, 0.29) is 11.8 Å². The van der Waals surface area contributed by atoms with Crippen molar-refractivity contribution in [1.29, 1.82) is 0 Å². The van der Waals surface area contributed by atoms with Gasteiger partial charge in [-0.15, -0.1) is 0 Å². The number of carbonyl (C=O) groups excluding carboxylic acids is 2. The molecule has 1 aliphatic heterocycles. The van der Waals surface area contributed by atoms with E-state index in [1.165, 1.54) is 0 Å². The Morgan fingerprint density at radius 3 is 2.22 bits per heavy atom. The molecule has 0 atom stereocenters. The summed E-state index contributed by atoms with van der Waals surface area (Å²) in [6.45, 7) is 5.32. The van der Waals surface area contributed by atoms with E-state index in [9.17, 15) is 9.59 Å². The molecule has 1 aromatic carbocycles. The van der Waals surface area contributed by atoms with Gasteiger partial charge in [0.05, 0.1) is 0 Å². The second-order valence-corrected chi connectivity index (χ2v) is 7.08. The molecule has 0 radical (unpaired) electrons. The van der Waals surface area contributed by atoms with Crippen molar-refractivity contribution in [3.63, 3.8) is 0 Å². The third kappa shape index (κ3) is 4.71. The Balaban J connectivity index is 1.95. The van der Waals surface area contributed by atoms with Crippen LogP contribution in [0.25, 0.3) is 0 Å². The Labute approximate surface area is 143 Å². The first-order valence-electron chi connectivity index (χ1n) is 8.23. The lowest BCUT2D eigenvalue weighted by atomic mass is 9.90. The van der Waals surface area contributed by atoms with Gasteiger partial charge < -0.3 is 10.2 Å². The SMILES string of the molecule is CC(C)(C(=O)NCc1ccc(Cl)cc1)C(=O)N1CCCCCC1. The van der Waals surface area contributed by atoms with Crippen molar-refractivity contribution in [2.45, 2.75) is 46.1 Å². The summed E-state index contributed by atoms with van der Waals surface area (Å²) in [4.78, 5) is 27.1. The molecule has 1 heterocycles. The van der Waals surface area contributed by atoms with E-state index in [2.05, 4.69) is 5.32 Å². The normalized spacial score (nSPS) is 15.9. The fourth-order valence-electron chi connectivity index (χ4n) is 2.77. The molecule has 1 fully saturated rings. The van der Waals surface area contributed by atoms with Gasteiger partial charge in [0.2, 0.25) is 11.8 Å². The number of nitrogens with one attached hydrogen (secondary N) is 1. The highest BCUT2D eigenvalue weighted by atomic mass is 35.5. The van der Waals surface area contributed by atoms with Gasteiger partial charge in [-0.1, -0.05) is 36.6 Å². The Kier molecular flexibility index (Phi) is 6.05. The Hall–Kier alpha value is -1.55. The molecule has 2 amide bonds. The van der Waals surface area contributed by atoms with Gasteiger partial charge in [-0.25, -0.2) is 0 Å². The maximum atomic E-state index is 12.7. The molecule has 1 saturated heterocycles. The third-order valence-corrected chi connectivity index (χ3v) is 4.61. The van der Waals surface area contributed by atoms with Crippen LogP contribution in [0, 0.1) is 5.41 Å². The summed E-state index contributed by atoms with van der Waals surface area (Å²) in [6.07, 6.45) is 4.36. The van der Waals surface area contributed by atoms with Crippen LogP contribution in [0.15, 0.2) is 24.3 Å². The summed E-state index contributed by atoms with van der Waals surface area (Å²) in [5.74, 6) is -0.310. The van der Waals surface area contributed by atoms with Crippen molar-refractivity contribution in [1.82, 2.24) is 10.2 Å². The van der Waals surface area contributed by atoms with E-state index in [0.717, 1.165) is 44.3 Å². The summed E-state index contributed by atoms with van der Waals surface area (Å²) in [5.41, 5.74) is -0.0858. The van der Waals surface area contributed by atoms with Crippen LogP contribution < -0.4 is 5.32 Å². The Morgan fingerprint density at radius 2 is 1.65 bits per heavy atom.